The molecule has 0 saturated carbocycles. The van der Waals surface area contributed by atoms with Crippen molar-refractivity contribution < 1.29 is 4.79 Å². The van der Waals surface area contributed by atoms with Gasteiger partial charge in [0.05, 0.1) is 5.92 Å². The molecule has 0 fully saturated rings. The normalized spacial score (nSPS) is 13.6. The molecule has 0 aromatic heterocycles. The summed E-state index contributed by atoms with van der Waals surface area (Å²) in [6.07, 6.45) is 0. The molecule has 0 spiro atoms. The summed E-state index contributed by atoms with van der Waals surface area (Å²) in [7, 11) is 0. The van der Waals surface area contributed by atoms with Crippen LogP contribution in [0.15, 0.2) is 54.6 Å². The highest BCUT2D eigenvalue weighted by molar-refractivity contribution is 5.95. The maximum atomic E-state index is 12.3. The average molecular weight is 268 g/mol. The van der Waals surface area contributed by atoms with Gasteiger partial charge in [-0.05, 0) is 37.1 Å². The molecule has 0 saturated heterocycles. The number of hydrogen-bond donors (Lipinski definition) is 2. The average Bonchev–Trinajstić information content (AvgIpc) is 2.47. The van der Waals surface area contributed by atoms with Crippen LogP contribution in [0.4, 0.5) is 5.69 Å². The van der Waals surface area contributed by atoms with E-state index in [2.05, 4.69) is 5.32 Å². The Morgan fingerprint density at radius 1 is 1.00 bits per heavy atom. The molecule has 3 heteroatoms. The SMILES string of the molecule is CC(N)c1cccc(NC(=O)C(C)c2ccccc2)c1. The Morgan fingerprint density at radius 3 is 2.30 bits per heavy atom. The molecule has 2 rings (SSSR count). The van der Waals surface area contributed by atoms with Gasteiger partial charge in [-0.15, -0.1) is 0 Å². The molecule has 1 amide bonds. The van der Waals surface area contributed by atoms with E-state index in [4.69, 9.17) is 5.73 Å². The summed E-state index contributed by atoms with van der Waals surface area (Å²) in [6, 6.07) is 17.4. The third-order valence-electron chi connectivity index (χ3n) is 3.37. The molecule has 0 bridgehead atoms. The van der Waals surface area contributed by atoms with Crippen LogP contribution in [0, 0.1) is 0 Å². The van der Waals surface area contributed by atoms with Gasteiger partial charge in [-0.25, -0.2) is 0 Å². The largest absolute Gasteiger partial charge is 0.326 e. The highest BCUT2D eigenvalue weighted by Gasteiger charge is 2.15. The second-order valence-electron chi connectivity index (χ2n) is 5.04. The Kier molecular flexibility index (Phi) is 4.53. The van der Waals surface area contributed by atoms with Gasteiger partial charge in [0.15, 0.2) is 0 Å². The fourth-order valence-electron chi connectivity index (χ4n) is 2.04. The van der Waals surface area contributed by atoms with E-state index in [1.54, 1.807) is 0 Å². The van der Waals surface area contributed by atoms with Gasteiger partial charge in [0.25, 0.3) is 0 Å². The first-order valence-corrected chi connectivity index (χ1v) is 6.79. The quantitative estimate of drug-likeness (QED) is 0.892. The predicted molar refractivity (Wildman–Crippen MR) is 82.5 cm³/mol. The summed E-state index contributed by atoms with van der Waals surface area (Å²) in [5.74, 6) is -0.201. The van der Waals surface area contributed by atoms with E-state index in [-0.39, 0.29) is 17.9 Å². The van der Waals surface area contributed by atoms with Crippen molar-refractivity contribution in [2.24, 2.45) is 5.73 Å². The third-order valence-corrected chi connectivity index (χ3v) is 3.37. The Hall–Kier alpha value is -2.13. The summed E-state index contributed by atoms with van der Waals surface area (Å²) < 4.78 is 0. The summed E-state index contributed by atoms with van der Waals surface area (Å²) in [4.78, 5) is 12.3. The number of carbonyl (C=O) groups is 1. The van der Waals surface area contributed by atoms with E-state index in [0.717, 1.165) is 16.8 Å². The predicted octanol–water partition coefficient (Wildman–Crippen LogP) is 3.45. The number of nitrogens with one attached hydrogen (secondary N) is 1. The lowest BCUT2D eigenvalue weighted by molar-refractivity contribution is -0.117. The highest BCUT2D eigenvalue weighted by Crippen LogP contribution is 2.19. The standard InChI is InChI=1S/C17H20N2O/c1-12(14-7-4-3-5-8-14)17(20)19-16-10-6-9-15(11-16)13(2)18/h3-13H,18H2,1-2H3,(H,19,20). The van der Waals surface area contributed by atoms with Gasteiger partial charge in [0.1, 0.15) is 0 Å². The monoisotopic (exact) mass is 268 g/mol. The smallest absolute Gasteiger partial charge is 0.231 e. The fourth-order valence-corrected chi connectivity index (χ4v) is 2.04. The minimum atomic E-state index is -0.185. The molecule has 20 heavy (non-hydrogen) atoms. The minimum absolute atomic E-state index is 0.0157. The minimum Gasteiger partial charge on any atom is -0.326 e. The zero-order chi connectivity index (χ0) is 14.5. The van der Waals surface area contributed by atoms with Crippen LogP contribution in [0.25, 0.3) is 0 Å². The van der Waals surface area contributed by atoms with Crippen molar-refractivity contribution in [1.29, 1.82) is 0 Å². The summed E-state index contributed by atoms with van der Waals surface area (Å²) in [6.45, 7) is 3.83. The van der Waals surface area contributed by atoms with Crippen LogP contribution >= 0.6 is 0 Å². The van der Waals surface area contributed by atoms with Crippen LogP contribution in [0.2, 0.25) is 0 Å². The van der Waals surface area contributed by atoms with E-state index < -0.39 is 0 Å². The Balaban J connectivity index is 2.10. The fraction of sp³-hybridized carbons (Fsp3) is 0.235. The van der Waals surface area contributed by atoms with Crippen molar-refractivity contribution in [3.8, 4) is 0 Å². The summed E-state index contributed by atoms with van der Waals surface area (Å²) in [5.41, 5.74) is 8.65. The molecule has 0 radical (unpaired) electrons. The molecule has 3 N–H and O–H groups in total. The lowest BCUT2D eigenvalue weighted by Gasteiger charge is -2.14. The van der Waals surface area contributed by atoms with Crippen molar-refractivity contribution in [1.82, 2.24) is 0 Å². The number of benzene rings is 2. The zero-order valence-corrected chi connectivity index (χ0v) is 11.8. The van der Waals surface area contributed by atoms with Crippen molar-refractivity contribution in [2.45, 2.75) is 25.8 Å². The molecule has 3 nitrogen and oxygen atoms in total. The lowest BCUT2D eigenvalue weighted by Crippen LogP contribution is -2.19. The first-order valence-electron chi connectivity index (χ1n) is 6.79. The molecule has 2 aromatic carbocycles. The van der Waals surface area contributed by atoms with Gasteiger partial charge in [0.2, 0.25) is 5.91 Å². The molecule has 0 heterocycles. The first-order chi connectivity index (χ1) is 9.58. The van der Waals surface area contributed by atoms with Gasteiger partial charge in [-0.3, -0.25) is 4.79 Å². The van der Waals surface area contributed by atoms with Gasteiger partial charge in [0, 0.05) is 11.7 Å². The van der Waals surface area contributed by atoms with E-state index in [9.17, 15) is 4.79 Å². The molecular weight excluding hydrogens is 248 g/mol. The third kappa shape index (κ3) is 3.45. The summed E-state index contributed by atoms with van der Waals surface area (Å²) >= 11 is 0. The van der Waals surface area contributed by atoms with Crippen LogP contribution in [0.5, 0.6) is 0 Å². The number of rotatable bonds is 4. The number of amides is 1. The molecule has 2 atom stereocenters. The second kappa shape index (κ2) is 6.35. The molecule has 2 unspecified atom stereocenters. The van der Waals surface area contributed by atoms with Gasteiger partial charge >= 0.3 is 0 Å². The second-order valence-corrected chi connectivity index (χ2v) is 5.04. The molecule has 104 valence electrons. The van der Waals surface area contributed by atoms with E-state index in [1.165, 1.54) is 0 Å². The number of hydrogen-bond acceptors (Lipinski definition) is 2. The topological polar surface area (TPSA) is 55.1 Å². The van der Waals surface area contributed by atoms with Crippen molar-refractivity contribution >= 4 is 11.6 Å². The van der Waals surface area contributed by atoms with Crippen molar-refractivity contribution in [3.63, 3.8) is 0 Å². The van der Waals surface area contributed by atoms with Gasteiger partial charge in [-0.2, -0.15) is 0 Å². The lowest BCUT2D eigenvalue weighted by atomic mass is 10.0. The van der Waals surface area contributed by atoms with E-state index >= 15 is 0 Å². The Morgan fingerprint density at radius 2 is 1.65 bits per heavy atom. The van der Waals surface area contributed by atoms with Crippen LogP contribution in [-0.2, 0) is 4.79 Å². The van der Waals surface area contributed by atoms with Gasteiger partial charge in [-0.1, -0.05) is 42.5 Å². The van der Waals surface area contributed by atoms with Crippen molar-refractivity contribution in [2.75, 3.05) is 5.32 Å². The van der Waals surface area contributed by atoms with Crippen molar-refractivity contribution in [3.05, 3.63) is 65.7 Å². The molecule has 0 aliphatic carbocycles. The zero-order valence-electron chi connectivity index (χ0n) is 11.8. The molecule has 0 aliphatic rings. The van der Waals surface area contributed by atoms with Crippen LogP contribution in [-0.4, -0.2) is 5.91 Å². The number of carbonyl (C=O) groups excluding carboxylic acids is 1. The number of anilines is 1. The van der Waals surface area contributed by atoms with Crippen LogP contribution in [0.1, 0.15) is 36.9 Å². The van der Waals surface area contributed by atoms with E-state index in [0.29, 0.717) is 0 Å². The highest BCUT2D eigenvalue weighted by atomic mass is 16.1. The maximum absolute atomic E-state index is 12.3. The Labute approximate surface area is 119 Å². The Bertz CT molecular complexity index is 579. The van der Waals surface area contributed by atoms with Crippen LogP contribution < -0.4 is 11.1 Å². The van der Waals surface area contributed by atoms with Gasteiger partial charge < -0.3 is 11.1 Å². The van der Waals surface area contributed by atoms with E-state index in [1.807, 2.05) is 68.4 Å². The molecular formula is C17H20N2O. The molecule has 2 aromatic rings. The summed E-state index contributed by atoms with van der Waals surface area (Å²) in [5, 5.41) is 2.94. The maximum Gasteiger partial charge on any atom is 0.231 e. The first kappa shape index (κ1) is 14.3. The molecule has 0 aliphatic heterocycles. The van der Waals surface area contributed by atoms with Crippen LogP contribution in [0.3, 0.4) is 0 Å². The number of nitrogens with two attached hydrogens (primary N) is 1.